The molecule has 11 heteroatoms. The lowest BCUT2D eigenvalue weighted by molar-refractivity contribution is -0.148. The molecule has 4 atom stereocenters. The molecule has 11 nitrogen and oxygen atoms in total. The van der Waals surface area contributed by atoms with Gasteiger partial charge in [0.2, 0.25) is 0 Å². The van der Waals surface area contributed by atoms with Crippen LogP contribution in [0.25, 0.3) is 0 Å². The minimum absolute atomic E-state index is 0.0531. The number of ether oxygens (including phenoxy) is 6. The minimum atomic E-state index is -0.974. The quantitative estimate of drug-likeness (QED) is 0.148. The highest BCUT2D eigenvalue weighted by atomic mass is 16.8. The van der Waals surface area contributed by atoms with Gasteiger partial charge in [0, 0.05) is 13.0 Å². The van der Waals surface area contributed by atoms with E-state index in [0.29, 0.717) is 12.0 Å². The van der Waals surface area contributed by atoms with Crippen LogP contribution < -0.4 is 14.8 Å². The molecule has 41 heavy (non-hydrogen) atoms. The Labute approximate surface area is 243 Å². The molecule has 0 saturated carbocycles. The van der Waals surface area contributed by atoms with Crippen molar-refractivity contribution in [1.29, 1.82) is 0 Å². The van der Waals surface area contributed by atoms with E-state index >= 15 is 0 Å². The van der Waals surface area contributed by atoms with Crippen LogP contribution in [0.2, 0.25) is 0 Å². The number of carbonyl (C=O) groups excluding carboxylic acids is 4. The Hall–Kier alpha value is -3.34. The highest BCUT2D eigenvalue weighted by Gasteiger charge is 2.24. The Bertz CT molecular complexity index is 993. The molecule has 0 amide bonds. The second-order valence-electron chi connectivity index (χ2n) is 10.7. The van der Waals surface area contributed by atoms with Crippen molar-refractivity contribution < 1.29 is 47.6 Å². The van der Waals surface area contributed by atoms with Crippen LogP contribution in [0.3, 0.4) is 0 Å². The number of hydrogen-bond acceptors (Lipinski definition) is 11. The van der Waals surface area contributed by atoms with Crippen LogP contribution in [0, 0.1) is 11.8 Å². The van der Waals surface area contributed by atoms with Gasteiger partial charge in [-0.25, -0.2) is 9.59 Å². The molecule has 0 fully saturated rings. The van der Waals surface area contributed by atoms with Gasteiger partial charge in [0.15, 0.2) is 11.5 Å². The summed E-state index contributed by atoms with van der Waals surface area (Å²) in [6.07, 6.45) is -1.13. The van der Waals surface area contributed by atoms with Crippen LogP contribution in [-0.4, -0.2) is 62.3 Å². The summed E-state index contributed by atoms with van der Waals surface area (Å²) in [5.41, 5.74) is 0.566. The van der Waals surface area contributed by atoms with Crippen molar-refractivity contribution >= 4 is 24.2 Å². The summed E-state index contributed by atoms with van der Waals surface area (Å²) in [6, 6.07) is 3.73. The summed E-state index contributed by atoms with van der Waals surface area (Å²) in [5.74, 6) is -0.851. The molecular formula is C30H47NO10. The summed E-state index contributed by atoms with van der Waals surface area (Å²) in [7, 11) is 1.27. The third-order valence-electron chi connectivity index (χ3n) is 6.48. The number of hydrogen-bond donors (Lipinski definition) is 1. The Kier molecular flexibility index (Phi) is 15.8. The van der Waals surface area contributed by atoms with E-state index in [2.05, 4.69) is 5.32 Å². The summed E-state index contributed by atoms with van der Waals surface area (Å²) in [4.78, 5) is 49.3. The normalized spacial score (nSPS) is 14.0. The van der Waals surface area contributed by atoms with Crippen molar-refractivity contribution in [2.75, 3.05) is 13.7 Å². The monoisotopic (exact) mass is 581 g/mol. The molecule has 1 rings (SSSR count). The number of rotatable bonds is 16. The maximum atomic E-state index is 12.5. The van der Waals surface area contributed by atoms with Crippen molar-refractivity contribution in [2.45, 2.75) is 105 Å². The highest BCUT2D eigenvalue weighted by Crippen LogP contribution is 2.30. The van der Waals surface area contributed by atoms with E-state index in [0.717, 1.165) is 12.8 Å². The number of carbonyl (C=O) groups is 4. The second-order valence-corrected chi connectivity index (χ2v) is 10.7. The third kappa shape index (κ3) is 13.7. The molecule has 0 aliphatic carbocycles. The van der Waals surface area contributed by atoms with Crippen LogP contribution in [0.4, 0.5) is 9.59 Å². The zero-order chi connectivity index (χ0) is 31.1. The fourth-order valence-corrected chi connectivity index (χ4v) is 3.22. The summed E-state index contributed by atoms with van der Waals surface area (Å²) in [6.45, 7) is 15.0. The van der Waals surface area contributed by atoms with Gasteiger partial charge in [-0.3, -0.25) is 9.59 Å². The predicted molar refractivity (Wildman–Crippen MR) is 152 cm³/mol. The van der Waals surface area contributed by atoms with Crippen LogP contribution in [0.1, 0.15) is 80.2 Å². The molecule has 0 spiro atoms. The van der Waals surface area contributed by atoms with Crippen LogP contribution >= 0.6 is 0 Å². The van der Waals surface area contributed by atoms with E-state index in [1.54, 1.807) is 26.8 Å². The molecule has 0 heterocycles. The van der Waals surface area contributed by atoms with Crippen molar-refractivity contribution in [3.63, 3.8) is 0 Å². The summed E-state index contributed by atoms with van der Waals surface area (Å²) >= 11 is 0. The molecule has 0 aliphatic rings. The highest BCUT2D eigenvalue weighted by molar-refractivity contribution is 5.76. The van der Waals surface area contributed by atoms with E-state index < -0.39 is 42.6 Å². The molecule has 3 unspecified atom stereocenters. The molecule has 0 aromatic heterocycles. The largest absolute Gasteiger partial charge is 0.514 e. The zero-order valence-corrected chi connectivity index (χ0v) is 25.8. The van der Waals surface area contributed by atoms with Crippen molar-refractivity contribution in [3.05, 3.63) is 23.8 Å². The zero-order valence-electron chi connectivity index (χ0n) is 25.8. The number of esters is 2. The van der Waals surface area contributed by atoms with Gasteiger partial charge in [0.25, 0.3) is 0 Å². The Morgan fingerprint density at radius 1 is 0.805 bits per heavy atom. The predicted octanol–water partition coefficient (Wildman–Crippen LogP) is 5.60. The van der Waals surface area contributed by atoms with Gasteiger partial charge in [-0.1, -0.05) is 47.1 Å². The summed E-state index contributed by atoms with van der Waals surface area (Å²) < 4.78 is 31.7. The number of methoxy groups -OCH3 is 1. The Morgan fingerprint density at radius 2 is 1.37 bits per heavy atom. The first-order chi connectivity index (χ1) is 19.3. The fourth-order valence-electron chi connectivity index (χ4n) is 3.22. The van der Waals surface area contributed by atoms with Crippen LogP contribution in [-0.2, 0) is 35.0 Å². The van der Waals surface area contributed by atoms with Gasteiger partial charge in [-0.2, -0.15) is 0 Å². The molecule has 232 valence electrons. The third-order valence-corrected chi connectivity index (χ3v) is 6.48. The smallest absolute Gasteiger partial charge is 0.468 e. The SMILES string of the molecule is CCCCC(=O)OC(C)CN[C@@H](Cc1ccc(OC(=O)OC(C)C(C)C)c(OC(=O)OC(C)C(C)C)c1)C(=O)OC. The summed E-state index contributed by atoms with van der Waals surface area (Å²) in [5, 5.41) is 3.07. The van der Waals surface area contributed by atoms with E-state index in [4.69, 9.17) is 28.4 Å². The first-order valence-electron chi connectivity index (χ1n) is 14.2. The fraction of sp³-hybridized carbons (Fsp3) is 0.667. The Balaban J connectivity index is 3.11. The second kappa shape index (κ2) is 18.2. The molecule has 0 saturated heterocycles. The number of nitrogens with one attached hydrogen (secondary N) is 1. The van der Waals surface area contributed by atoms with E-state index in [1.165, 1.54) is 19.2 Å². The molecule has 1 aromatic rings. The average molecular weight is 582 g/mol. The van der Waals surface area contributed by atoms with Crippen molar-refractivity contribution in [3.8, 4) is 11.5 Å². The molecule has 0 radical (unpaired) electrons. The van der Waals surface area contributed by atoms with Crippen LogP contribution in [0.5, 0.6) is 11.5 Å². The van der Waals surface area contributed by atoms with Gasteiger partial charge in [0.05, 0.1) is 7.11 Å². The van der Waals surface area contributed by atoms with Gasteiger partial charge in [-0.15, -0.1) is 0 Å². The molecule has 0 bridgehead atoms. The van der Waals surface area contributed by atoms with Crippen molar-refractivity contribution in [1.82, 2.24) is 5.32 Å². The van der Waals surface area contributed by atoms with Gasteiger partial charge >= 0.3 is 24.2 Å². The van der Waals surface area contributed by atoms with Crippen molar-refractivity contribution in [2.24, 2.45) is 11.8 Å². The first-order valence-corrected chi connectivity index (χ1v) is 14.2. The maximum absolute atomic E-state index is 12.5. The molecule has 1 aromatic carbocycles. The van der Waals surface area contributed by atoms with E-state index in [-0.39, 0.29) is 42.3 Å². The molecule has 0 aliphatic heterocycles. The Morgan fingerprint density at radius 3 is 1.88 bits per heavy atom. The average Bonchev–Trinajstić information content (AvgIpc) is 2.90. The van der Waals surface area contributed by atoms with E-state index in [9.17, 15) is 19.2 Å². The standard InChI is InChI=1S/C30H47NO10/c1-10-11-12-27(32)37-20(6)17-31-24(28(33)36-9)15-23-13-14-25(40-29(34)38-21(7)18(2)3)26(16-23)41-30(35)39-22(8)19(4)5/h13-14,16,18-22,24,31H,10-12,15,17H2,1-9H3/t20?,21?,22?,24-/m0/s1. The molecule has 1 N–H and O–H groups in total. The lowest BCUT2D eigenvalue weighted by Gasteiger charge is -2.21. The van der Waals surface area contributed by atoms with E-state index in [1.807, 2.05) is 34.6 Å². The molecular weight excluding hydrogens is 534 g/mol. The first kappa shape index (κ1) is 35.7. The topological polar surface area (TPSA) is 136 Å². The van der Waals surface area contributed by atoms with Gasteiger partial charge < -0.3 is 33.7 Å². The van der Waals surface area contributed by atoms with Gasteiger partial charge in [-0.05, 0) is 63.1 Å². The van der Waals surface area contributed by atoms with Gasteiger partial charge in [0.1, 0.15) is 24.4 Å². The van der Waals surface area contributed by atoms with Crippen LogP contribution in [0.15, 0.2) is 18.2 Å². The maximum Gasteiger partial charge on any atom is 0.514 e. The number of benzene rings is 1. The number of unbranched alkanes of at least 4 members (excludes halogenated alkanes) is 1. The minimum Gasteiger partial charge on any atom is -0.468 e. The lowest BCUT2D eigenvalue weighted by atomic mass is 10.0. The lowest BCUT2D eigenvalue weighted by Crippen LogP contribution is -2.43.